The minimum absolute atomic E-state index is 0.726. The first kappa shape index (κ1) is 15.0. The van der Waals surface area contributed by atoms with E-state index in [-0.39, 0.29) is 0 Å². The standard InChI is InChI=1S/C16H26N2/c17-12-5-1-3-8-15-10-7-11-16(14-15)9-4-2-6-13-18/h15-16H,1-11,14H2. The summed E-state index contributed by atoms with van der Waals surface area (Å²) >= 11 is 0. The molecule has 0 saturated heterocycles. The molecule has 1 rings (SSSR count). The highest BCUT2D eigenvalue weighted by Crippen LogP contribution is 2.34. The van der Waals surface area contributed by atoms with E-state index in [1.807, 2.05) is 0 Å². The number of nitriles is 2. The Labute approximate surface area is 112 Å². The Hall–Kier alpha value is -1.02. The lowest BCUT2D eigenvalue weighted by Gasteiger charge is -2.29. The largest absolute Gasteiger partial charge is 0.198 e. The van der Waals surface area contributed by atoms with Crippen molar-refractivity contribution in [2.75, 3.05) is 0 Å². The zero-order chi connectivity index (χ0) is 13.1. The van der Waals surface area contributed by atoms with Crippen molar-refractivity contribution in [3.63, 3.8) is 0 Å². The Kier molecular flexibility index (Phi) is 8.32. The molecular formula is C16H26N2. The zero-order valence-electron chi connectivity index (χ0n) is 11.5. The summed E-state index contributed by atoms with van der Waals surface area (Å²) in [5, 5.41) is 17.0. The van der Waals surface area contributed by atoms with E-state index in [0.717, 1.165) is 37.5 Å². The minimum atomic E-state index is 0.726. The third-order valence-corrected chi connectivity index (χ3v) is 4.19. The van der Waals surface area contributed by atoms with Crippen LogP contribution in [0.2, 0.25) is 0 Å². The molecule has 2 nitrogen and oxygen atoms in total. The SMILES string of the molecule is N#CCCCCC1CCCC(CCCCC#N)C1. The van der Waals surface area contributed by atoms with Crippen molar-refractivity contribution in [2.45, 2.75) is 77.0 Å². The van der Waals surface area contributed by atoms with Crippen molar-refractivity contribution in [3.8, 4) is 12.1 Å². The van der Waals surface area contributed by atoms with Crippen LogP contribution < -0.4 is 0 Å². The van der Waals surface area contributed by atoms with Gasteiger partial charge in [0.05, 0.1) is 12.1 Å². The highest BCUT2D eigenvalue weighted by atomic mass is 14.3. The van der Waals surface area contributed by atoms with Crippen LogP contribution in [0, 0.1) is 34.5 Å². The van der Waals surface area contributed by atoms with Crippen LogP contribution in [0.5, 0.6) is 0 Å². The molecule has 1 aliphatic carbocycles. The van der Waals surface area contributed by atoms with Gasteiger partial charge in [0.15, 0.2) is 0 Å². The highest BCUT2D eigenvalue weighted by Gasteiger charge is 2.21. The highest BCUT2D eigenvalue weighted by molar-refractivity contribution is 4.75. The van der Waals surface area contributed by atoms with Crippen molar-refractivity contribution in [2.24, 2.45) is 11.8 Å². The fourth-order valence-corrected chi connectivity index (χ4v) is 3.20. The normalized spacial score (nSPS) is 23.2. The Morgan fingerprint density at radius 3 is 1.72 bits per heavy atom. The fraction of sp³-hybridized carbons (Fsp3) is 0.875. The summed E-state index contributed by atoms with van der Waals surface area (Å²) < 4.78 is 0. The second kappa shape index (κ2) is 9.95. The van der Waals surface area contributed by atoms with Crippen LogP contribution in [0.25, 0.3) is 0 Å². The van der Waals surface area contributed by atoms with Crippen molar-refractivity contribution in [1.29, 1.82) is 10.5 Å². The van der Waals surface area contributed by atoms with Crippen LogP contribution >= 0.6 is 0 Å². The van der Waals surface area contributed by atoms with E-state index in [1.54, 1.807) is 0 Å². The average molecular weight is 246 g/mol. The molecule has 1 aliphatic rings. The number of nitrogens with zero attached hydrogens (tertiary/aromatic N) is 2. The summed E-state index contributed by atoms with van der Waals surface area (Å²) in [6.07, 6.45) is 14.4. The number of hydrogen-bond donors (Lipinski definition) is 0. The molecule has 2 unspecified atom stereocenters. The molecule has 0 aromatic rings. The van der Waals surface area contributed by atoms with E-state index >= 15 is 0 Å². The van der Waals surface area contributed by atoms with Crippen molar-refractivity contribution in [3.05, 3.63) is 0 Å². The third kappa shape index (κ3) is 6.65. The fourth-order valence-electron chi connectivity index (χ4n) is 3.20. The Balaban J connectivity index is 2.08. The van der Waals surface area contributed by atoms with Gasteiger partial charge in [-0.05, 0) is 31.1 Å². The quantitative estimate of drug-likeness (QED) is 0.568. The van der Waals surface area contributed by atoms with Crippen LogP contribution in [0.1, 0.15) is 77.0 Å². The van der Waals surface area contributed by atoms with Gasteiger partial charge in [-0.1, -0.05) is 44.9 Å². The van der Waals surface area contributed by atoms with Crippen LogP contribution in [0.3, 0.4) is 0 Å². The lowest BCUT2D eigenvalue weighted by molar-refractivity contribution is 0.236. The van der Waals surface area contributed by atoms with Gasteiger partial charge in [0.1, 0.15) is 0 Å². The van der Waals surface area contributed by atoms with Gasteiger partial charge in [0.25, 0.3) is 0 Å². The van der Waals surface area contributed by atoms with Crippen LogP contribution in [-0.2, 0) is 0 Å². The molecule has 1 saturated carbocycles. The minimum Gasteiger partial charge on any atom is -0.198 e. The van der Waals surface area contributed by atoms with Gasteiger partial charge in [-0.2, -0.15) is 10.5 Å². The van der Waals surface area contributed by atoms with E-state index in [1.165, 1.54) is 51.4 Å². The second-order valence-electron chi connectivity index (χ2n) is 5.71. The maximum absolute atomic E-state index is 8.51. The lowest BCUT2D eigenvalue weighted by atomic mass is 9.77. The molecule has 0 aromatic carbocycles. The van der Waals surface area contributed by atoms with E-state index in [9.17, 15) is 0 Å². The molecule has 18 heavy (non-hydrogen) atoms. The molecule has 0 N–H and O–H groups in total. The van der Waals surface area contributed by atoms with Crippen molar-refractivity contribution >= 4 is 0 Å². The van der Waals surface area contributed by atoms with E-state index in [2.05, 4.69) is 12.1 Å². The molecule has 0 aromatic heterocycles. The maximum Gasteiger partial charge on any atom is 0.0621 e. The first-order valence-electron chi connectivity index (χ1n) is 7.60. The maximum atomic E-state index is 8.51. The van der Waals surface area contributed by atoms with Crippen LogP contribution in [0.15, 0.2) is 0 Å². The van der Waals surface area contributed by atoms with Gasteiger partial charge in [-0.15, -0.1) is 0 Å². The summed E-state index contributed by atoms with van der Waals surface area (Å²) in [7, 11) is 0. The van der Waals surface area contributed by atoms with Gasteiger partial charge in [-0.3, -0.25) is 0 Å². The smallest absolute Gasteiger partial charge is 0.0621 e. The molecule has 0 radical (unpaired) electrons. The molecule has 2 atom stereocenters. The Bertz CT molecular complexity index is 256. The lowest BCUT2D eigenvalue weighted by Crippen LogP contribution is -2.15. The molecule has 0 aliphatic heterocycles. The molecule has 0 heterocycles. The molecule has 0 spiro atoms. The number of rotatable bonds is 8. The van der Waals surface area contributed by atoms with Gasteiger partial charge < -0.3 is 0 Å². The molecule has 0 amide bonds. The van der Waals surface area contributed by atoms with E-state index in [4.69, 9.17) is 10.5 Å². The predicted octanol–water partition coefficient (Wildman–Crippen LogP) is 4.96. The number of unbranched alkanes of at least 4 members (excludes halogenated alkanes) is 4. The topological polar surface area (TPSA) is 47.6 Å². The zero-order valence-corrected chi connectivity index (χ0v) is 11.5. The predicted molar refractivity (Wildman–Crippen MR) is 73.6 cm³/mol. The van der Waals surface area contributed by atoms with Crippen LogP contribution in [0.4, 0.5) is 0 Å². The average Bonchev–Trinajstić information content (AvgIpc) is 2.40. The molecule has 0 bridgehead atoms. The first-order chi connectivity index (χ1) is 8.86. The molecule has 1 fully saturated rings. The molecular weight excluding hydrogens is 220 g/mol. The number of hydrogen-bond acceptors (Lipinski definition) is 2. The monoisotopic (exact) mass is 246 g/mol. The summed E-state index contributed by atoms with van der Waals surface area (Å²) in [6, 6.07) is 4.46. The summed E-state index contributed by atoms with van der Waals surface area (Å²) in [5.41, 5.74) is 0. The van der Waals surface area contributed by atoms with Gasteiger partial charge in [0.2, 0.25) is 0 Å². The van der Waals surface area contributed by atoms with Gasteiger partial charge in [0, 0.05) is 12.8 Å². The van der Waals surface area contributed by atoms with E-state index < -0.39 is 0 Å². The third-order valence-electron chi connectivity index (χ3n) is 4.19. The van der Waals surface area contributed by atoms with Gasteiger partial charge in [-0.25, -0.2) is 0 Å². The first-order valence-corrected chi connectivity index (χ1v) is 7.60. The summed E-state index contributed by atoms with van der Waals surface area (Å²) in [4.78, 5) is 0. The van der Waals surface area contributed by atoms with E-state index in [0.29, 0.717) is 0 Å². The Morgan fingerprint density at radius 2 is 1.28 bits per heavy atom. The molecule has 100 valence electrons. The van der Waals surface area contributed by atoms with Crippen molar-refractivity contribution < 1.29 is 0 Å². The summed E-state index contributed by atoms with van der Waals surface area (Å²) in [6.45, 7) is 0. The second-order valence-corrected chi connectivity index (χ2v) is 5.71. The van der Waals surface area contributed by atoms with Crippen LogP contribution in [-0.4, -0.2) is 0 Å². The molecule has 2 heteroatoms. The summed E-state index contributed by atoms with van der Waals surface area (Å²) in [5.74, 6) is 1.83. The van der Waals surface area contributed by atoms with Gasteiger partial charge >= 0.3 is 0 Å². The Morgan fingerprint density at radius 1 is 0.778 bits per heavy atom. The van der Waals surface area contributed by atoms with Crippen molar-refractivity contribution in [1.82, 2.24) is 0 Å².